The lowest BCUT2D eigenvalue weighted by atomic mass is 10.2. The maximum Gasteiger partial charge on any atom is 0.261 e. The monoisotopic (exact) mass is 335 g/mol. The second kappa shape index (κ2) is 7.40. The van der Waals surface area contributed by atoms with E-state index in [1.807, 2.05) is 32.9 Å². The van der Waals surface area contributed by atoms with Crippen LogP contribution in [0.15, 0.2) is 60.7 Å². The molecule has 0 fully saturated rings. The summed E-state index contributed by atoms with van der Waals surface area (Å²) < 4.78 is 45.0. The van der Waals surface area contributed by atoms with E-state index >= 15 is 0 Å². The first kappa shape index (κ1) is 12.0. The SMILES string of the molecule is [2H]C([2H])(O)C([2H])(O)C([2H])([2H])O[Si](c1ccccc1)(c1ccccc1)C(C)(C)C. The zero-order valence-corrected chi connectivity index (χ0v) is 14.6. The van der Waals surface area contributed by atoms with Gasteiger partial charge in [0.15, 0.2) is 0 Å². The van der Waals surface area contributed by atoms with Crippen molar-refractivity contribution in [2.45, 2.75) is 31.9 Å². The summed E-state index contributed by atoms with van der Waals surface area (Å²) in [6.45, 7) is -1.11. The van der Waals surface area contributed by atoms with Gasteiger partial charge in [0.25, 0.3) is 8.32 Å². The molecule has 2 N–H and O–H groups in total. The molecule has 0 aliphatic carbocycles. The Labute approximate surface area is 146 Å². The first-order valence-corrected chi connectivity index (χ1v) is 9.34. The zero-order valence-electron chi connectivity index (χ0n) is 18.6. The Hall–Kier alpha value is -1.46. The van der Waals surface area contributed by atoms with Crippen molar-refractivity contribution in [2.24, 2.45) is 0 Å². The molecule has 0 aliphatic rings. The lowest BCUT2D eigenvalue weighted by molar-refractivity contribution is 0.0503. The highest BCUT2D eigenvalue weighted by atomic mass is 28.4. The van der Waals surface area contributed by atoms with E-state index in [2.05, 4.69) is 0 Å². The van der Waals surface area contributed by atoms with Crippen LogP contribution in [0.1, 0.15) is 27.6 Å². The summed E-state index contributed by atoms with van der Waals surface area (Å²) >= 11 is 0. The van der Waals surface area contributed by atoms with E-state index in [-0.39, 0.29) is 0 Å². The molecule has 3 nitrogen and oxygen atoms in total. The largest absolute Gasteiger partial charge is 0.405 e. The molecular weight excluding hydrogens is 304 g/mol. The van der Waals surface area contributed by atoms with Gasteiger partial charge in [0.2, 0.25) is 0 Å². The Bertz CT molecular complexity index is 747. The third-order valence-electron chi connectivity index (χ3n) is 3.82. The van der Waals surface area contributed by atoms with Gasteiger partial charge in [-0.1, -0.05) is 81.4 Å². The van der Waals surface area contributed by atoms with Crippen molar-refractivity contribution in [1.29, 1.82) is 0 Å². The van der Waals surface area contributed by atoms with Crippen LogP contribution in [0.4, 0.5) is 0 Å². The number of hydrogen-bond acceptors (Lipinski definition) is 3. The van der Waals surface area contributed by atoms with Crippen molar-refractivity contribution in [3.63, 3.8) is 0 Å². The minimum atomic E-state index is -3.55. The molecule has 1 atom stereocenters. The highest BCUT2D eigenvalue weighted by Crippen LogP contribution is 2.36. The summed E-state index contributed by atoms with van der Waals surface area (Å²) in [5.74, 6) is 0. The van der Waals surface area contributed by atoms with Crippen LogP contribution in [-0.4, -0.2) is 37.7 Å². The molecule has 0 aromatic heterocycles. The number of benzene rings is 2. The molecule has 1 unspecified atom stereocenters. The molecule has 4 heteroatoms. The average Bonchev–Trinajstić information content (AvgIpc) is 2.59. The van der Waals surface area contributed by atoms with Crippen LogP contribution >= 0.6 is 0 Å². The van der Waals surface area contributed by atoms with E-state index in [0.717, 1.165) is 0 Å². The summed E-state index contributed by atoms with van der Waals surface area (Å²) in [5, 5.41) is 20.6. The molecule has 0 amide bonds. The van der Waals surface area contributed by atoms with Crippen LogP contribution in [0.2, 0.25) is 5.04 Å². The summed E-state index contributed by atoms with van der Waals surface area (Å²) in [6, 6.07) is 18.0. The van der Waals surface area contributed by atoms with Gasteiger partial charge >= 0.3 is 0 Å². The van der Waals surface area contributed by atoms with Gasteiger partial charge in [-0.05, 0) is 15.4 Å². The van der Waals surface area contributed by atoms with Crippen LogP contribution < -0.4 is 10.4 Å². The topological polar surface area (TPSA) is 49.7 Å². The number of rotatable bonds is 6. The molecule has 0 radical (unpaired) electrons. The van der Waals surface area contributed by atoms with E-state index in [0.29, 0.717) is 10.4 Å². The van der Waals surface area contributed by atoms with E-state index in [4.69, 9.17) is 11.3 Å². The molecule has 2 rings (SSSR count). The Balaban J connectivity index is 2.79. The first-order valence-electron chi connectivity index (χ1n) is 9.93. The van der Waals surface area contributed by atoms with Gasteiger partial charge in [-0.3, -0.25) is 0 Å². The number of aliphatic hydroxyl groups is 2. The van der Waals surface area contributed by atoms with Gasteiger partial charge in [0.1, 0.15) is 0 Å². The fourth-order valence-electron chi connectivity index (χ4n) is 2.80. The fraction of sp³-hybridized carbons (Fsp3) is 0.368. The van der Waals surface area contributed by atoms with Crippen molar-refractivity contribution < 1.29 is 21.5 Å². The third kappa shape index (κ3) is 3.72. The Morgan fingerprint density at radius 3 is 1.83 bits per heavy atom. The molecule has 0 heterocycles. The molecule has 0 spiro atoms. The van der Waals surface area contributed by atoms with E-state index < -0.39 is 32.6 Å². The minimum Gasteiger partial charge on any atom is -0.405 e. The standard InChI is InChI=1S/C19H26O3Si/c1-19(2,3)23(22-15-16(21)14-20,17-10-6-4-7-11-17)18-12-8-5-9-13-18/h4-13,16,20-21H,14-15H2,1-3H3/i14D2,15D2,16D. The average molecular weight is 336 g/mol. The van der Waals surface area contributed by atoms with Crippen LogP contribution in [0.5, 0.6) is 0 Å². The number of hydrogen-bond donors (Lipinski definition) is 2. The van der Waals surface area contributed by atoms with E-state index in [1.165, 1.54) is 0 Å². The van der Waals surface area contributed by atoms with Gasteiger partial charge in [0, 0.05) is 0 Å². The highest BCUT2D eigenvalue weighted by molar-refractivity contribution is 6.99. The smallest absolute Gasteiger partial charge is 0.261 e. The molecule has 0 aliphatic heterocycles. The van der Waals surface area contributed by atoms with Gasteiger partial charge in [0.05, 0.1) is 26.1 Å². The fourth-order valence-corrected chi connectivity index (χ4v) is 6.98. The quantitative estimate of drug-likeness (QED) is 0.793. The summed E-state index contributed by atoms with van der Waals surface area (Å²) in [4.78, 5) is 0. The molecule has 0 saturated heterocycles. The lowest BCUT2D eigenvalue weighted by Crippen LogP contribution is -2.67. The van der Waals surface area contributed by atoms with Crippen LogP contribution in [-0.2, 0) is 4.43 Å². The van der Waals surface area contributed by atoms with Crippen molar-refractivity contribution in [3.8, 4) is 0 Å². The minimum absolute atomic E-state index is 0.651. The molecule has 124 valence electrons. The van der Waals surface area contributed by atoms with Crippen molar-refractivity contribution in [2.75, 3.05) is 13.1 Å². The van der Waals surface area contributed by atoms with Crippen LogP contribution in [0.25, 0.3) is 0 Å². The second-order valence-corrected chi connectivity index (χ2v) is 10.5. The molecule has 0 bridgehead atoms. The van der Waals surface area contributed by atoms with Crippen molar-refractivity contribution in [1.82, 2.24) is 0 Å². The van der Waals surface area contributed by atoms with Gasteiger partial charge in [-0.2, -0.15) is 0 Å². The van der Waals surface area contributed by atoms with Crippen LogP contribution in [0, 0.1) is 0 Å². The van der Waals surface area contributed by atoms with Gasteiger partial charge in [-0.15, -0.1) is 0 Å². The summed E-state index contributed by atoms with van der Waals surface area (Å²) in [5.41, 5.74) is 0. The molecule has 0 saturated carbocycles. The first-order chi connectivity index (χ1) is 12.7. The van der Waals surface area contributed by atoms with E-state index in [9.17, 15) is 10.2 Å². The van der Waals surface area contributed by atoms with E-state index in [1.54, 1.807) is 48.5 Å². The predicted molar refractivity (Wildman–Crippen MR) is 96.7 cm³/mol. The Morgan fingerprint density at radius 1 is 1.04 bits per heavy atom. The molecular formula is C19H26O3Si. The maximum atomic E-state index is 10.3. The Kier molecular flexibility index (Phi) is 3.86. The predicted octanol–water partition coefficient (Wildman–Crippen LogP) is 1.92. The van der Waals surface area contributed by atoms with Gasteiger partial charge < -0.3 is 14.6 Å². The maximum absolute atomic E-state index is 10.3. The molecule has 23 heavy (non-hydrogen) atoms. The normalized spacial score (nSPS) is 19.6. The third-order valence-corrected chi connectivity index (χ3v) is 8.64. The highest BCUT2D eigenvalue weighted by Gasteiger charge is 2.50. The Morgan fingerprint density at radius 2 is 1.48 bits per heavy atom. The second-order valence-electron chi connectivity index (χ2n) is 6.33. The van der Waals surface area contributed by atoms with Gasteiger partial charge in [-0.25, -0.2) is 0 Å². The van der Waals surface area contributed by atoms with Crippen molar-refractivity contribution in [3.05, 3.63) is 60.7 Å². The lowest BCUT2D eigenvalue weighted by Gasteiger charge is -2.43. The summed E-state index contributed by atoms with van der Waals surface area (Å²) in [7, 11) is -3.51. The zero-order chi connectivity index (χ0) is 21.4. The van der Waals surface area contributed by atoms with Crippen molar-refractivity contribution >= 4 is 18.7 Å². The summed E-state index contributed by atoms with van der Waals surface area (Å²) in [6.07, 6.45) is -3.55. The van der Waals surface area contributed by atoms with Crippen LogP contribution in [0.3, 0.4) is 0 Å². The molecule has 2 aromatic carbocycles. The molecule has 2 aromatic rings.